The summed E-state index contributed by atoms with van der Waals surface area (Å²) in [6.07, 6.45) is 1.44. The van der Waals surface area contributed by atoms with Crippen molar-refractivity contribution in [3.05, 3.63) is 40.9 Å². The number of benzene rings is 1. The fourth-order valence-corrected chi connectivity index (χ4v) is 4.94. The Hall–Kier alpha value is -2.10. The summed E-state index contributed by atoms with van der Waals surface area (Å²) in [5.74, 6) is 0.700. The molecule has 0 aliphatic carbocycles. The van der Waals surface area contributed by atoms with Gasteiger partial charge in [-0.15, -0.1) is 11.3 Å². The van der Waals surface area contributed by atoms with Gasteiger partial charge in [-0.2, -0.15) is 0 Å². The van der Waals surface area contributed by atoms with E-state index in [1.807, 2.05) is 29.2 Å². The first-order chi connectivity index (χ1) is 13.6. The monoisotopic (exact) mass is 421 g/mol. The van der Waals surface area contributed by atoms with Crippen LogP contribution >= 0.6 is 23.1 Å². The second kappa shape index (κ2) is 9.90. The number of nitrogens with one attached hydrogen (secondary N) is 1. The summed E-state index contributed by atoms with van der Waals surface area (Å²) in [6.45, 7) is 2.10. The number of thiazole rings is 1. The molecule has 1 atom stereocenters. The number of carboxylic acids is 1. The van der Waals surface area contributed by atoms with E-state index >= 15 is 0 Å². The number of nitrogens with zero attached hydrogens (tertiary/aromatic N) is 2. The molecule has 2 N–H and O–H groups in total. The minimum Gasteiger partial charge on any atom is -0.497 e. The van der Waals surface area contributed by atoms with Gasteiger partial charge in [0.15, 0.2) is 10.0 Å². The zero-order valence-corrected chi connectivity index (χ0v) is 17.2. The molecule has 0 saturated carbocycles. The fourth-order valence-electron chi connectivity index (χ4n) is 3.13. The van der Waals surface area contributed by atoms with Crippen molar-refractivity contribution in [2.45, 2.75) is 29.8 Å². The quantitative estimate of drug-likeness (QED) is 0.570. The molecule has 1 fully saturated rings. The van der Waals surface area contributed by atoms with E-state index in [-0.39, 0.29) is 17.6 Å². The Morgan fingerprint density at radius 2 is 2.36 bits per heavy atom. The highest BCUT2D eigenvalue weighted by Gasteiger charge is 2.30. The average molecular weight is 422 g/mol. The molecule has 3 rings (SSSR count). The van der Waals surface area contributed by atoms with Crippen LogP contribution in [0.1, 0.15) is 28.9 Å². The largest absolute Gasteiger partial charge is 0.497 e. The van der Waals surface area contributed by atoms with Gasteiger partial charge in [-0.05, 0) is 24.1 Å². The number of methoxy groups -OCH3 is 1. The predicted octanol–water partition coefficient (Wildman–Crippen LogP) is 2.72. The van der Waals surface area contributed by atoms with Crippen molar-refractivity contribution < 1.29 is 19.4 Å². The van der Waals surface area contributed by atoms with Gasteiger partial charge in [-0.1, -0.05) is 23.9 Å². The maximum absolute atomic E-state index is 12.2. The van der Waals surface area contributed by atoms with Gasteiger partial charge in [-0.3, -0.25) is 4.79 Å². The topological polar surface area (TPSA) is 91.8 Å². The van der Waals surface area contributed by atoms with E-state index in [2.05, 4.69) is 10.3 Å². The minimum atomic E-state index is -1.01. The summed E-state index contributed by atoms with van der Waals surface area (Å²) in [5, 5.41) is 13.9. The SMILES string of the molecule is COc1cccc(CNCC2CCC(=O)N2CCSc2nc(C(=O)O)cs2)c1. The molecule has 28 heavy (non-hydrogen) atoms. The summed E-state index contributed by atoms with van der Waals surface area (Å²) in [7, 11) is 1.65. The lowest BCUT2D eigenvalue weighted by Crippen LogP contribution is -2.41. The van der Waals surface area contributed by atoms with Crippen LogP contribution < -0.4 is 10.1 Å². The van der Waals surface area contributed by atoms with Gasteiger partial charge < -0.3 is 20.1 Å². The molecule has 1 aliphatic rings. The fraction of sp³-hybridized carbons (Fsp3) is 0.421. The van der Waals surface area contributed by atoms with Gasteiger partial charge in [-0.25, -0.2) is 9.78 Å². The normalized spacial score (nSPS) is 16.5. The summed E-state index contributed by atoms with van der Waals surface area (Å²) in [6, 6.07) is 8.11. The number of aromatic nitrogens is 1. The summed E-state index contributed by atoms with van der Waals surface area (Å²) in [4.78, 5) is 29.1. The maximum atomic E-state index is 12.2. The summed E-state index contributed by atoms with van der Waals surface area (Å²) < 4.78 is 5.96. The number of carbonyl (C=O) groups is 2. The Labute approximate surface area is 172 Å². The van der Waals surface area contributed by atoms with Crippen LogP contribution in [0.3, 0.4) is 0 Å². The van der Waals surface area contributed by atoms with Crippen LogP contribution in [0.2, 0.25) is 0 Å². The van der Waals surface area contributed by atoms with Gasteiger partial charge >= 0.3 is 5.97 Å². The van der Waals surface area contributed by atoms with Crippen molar-refractivity contribution in [2.24, 2.45) is 0 Å². The molecule has 2 aromatic rings. The third-order valence-corrected chi connectivity index (χ3v) is 6.56. The summed E-state index contributed by atoms with van der Waals surface area (Å²) in [5.41, 5.74) is 1.22. The molecular weight excluding hydrogens is 398 g/mol. The van der Waals surface area contributed by atoms with Crippen LogP contribution in [0.5, 0.6) is 5.75 Å². The van der Waals surface area contributed by atoms with Gasteiger partial charge in [0.05, 0.1) is 7.11 Å². The minimum absolute atomic E-state index is 0.0735. The predicted molar refractivity (Wildman–Crippen MR) is 109 cm³/mol. The molecule has 1 aromatic carbocycles. The number of likely N-dealkylation sites (tertiary alicyclic amines) is 1. The number of amides is 1. The molecular formula is C19H23N3O4S2. The number of carbonyl (C=O) groups excluding carboxylic acids is 1. The average Bonchev–Trinajstić information content (AvgIpc) is 3.30. The molecule has 0 bridgehead atoms. The Morgan fingerprint density at radius 1 is 1.50 bits per heavy atom. The lowest BCUT2D eigenvalue weighted by Gasteiger charge is -2.25. The Kier molecular flexibility index (Phi) is 7.30. The van der Waals surface area contributed by atoms with E-state index in [0.29, 0.717) is 18.7 Å². The van der Waals surface area contributed by atoms with Crippen molar-refractivity contribution in [1.29, 1.82) is 0 Å². The highest BCUT2D eigenvalue weighted by molar-refractivity contribution is 8.01. The zero-order chi connectivity index (χ0) is 19.9. The molecule has 1 aliphatic heterocycles. The van der Waals surface area contributed by atoms with E-state index in [0.717, 1.165) is 35.2 Å². The second-order valence-corrected chi connectivity index (χ2v) is 8.61. The molecule has 0 spiro atoms. The molecule has 2 heterocycles. The number of aromatic carboxylic acids is 1. The number of ether oxygens (including phenoxy) is 1. The van der Waals surface area contributed by atoms with Gasteiger partial charge in [0, 0.05) is 43.2 Å². The van der Waals surface area contributed by atoms with Crippen LogP contribution in [-0.4, -0.2) is 58.9 Å². The molecule has 150 valence electrons. The lowest BCUT2D eigenvalue weighted by atomic mass is 10.2. The Balaban J connectivity index is 1.45. The Bertz CT molecular complexity index is 827. The lowest BCUT2D eigenvalue weighted by molar-refractivity contribution is -0.128. The third kappa shape index (κ3) is 5.46. The van der Waals surface area contributed by atoms with Gasteiger partial charge in [0.2, 0.25) is 5.91 Å². The van der Waals surface area contributed by atoms with Crippen molar-refractivity contribution in [3.8, 4) is 5.75 Å². The number of thioether (sulfide) groups is 1. The van der Waals surface area contributed by atoms with Crippen LogP contribution in [0, 0.1) is 0 Å². The van der Waals surface area contributed by atoms with Crippen molar-refractivity contribution in [1.82, 2.24) is 15.2 Å². The second-order valence-electron chi connectivity index (χ2n) is 6.41. The molecule has 1 aromatic heterocycles. The molecule has 7 nitrogen and oxygen atoms in total. The number of carboxylic acid groups (broad SMARTS) is 1. The standard InChI is InChI=1S/C19H23N3O4S2/c1-26-15-4-2-3-13(9-15)10-20-11-14-5-6-17(23)22(14)7-8-27-19-21-16(12-28-19)18(24)25/h2-4,9,12,14,20H,5-8,10-11H2,1H3,(H,24,25). The zero-order valence-electron chi connectivity index (χ0n) is 15.6. The maximum Gasteiger partial charge on any atom is 0.355 e. The third-order valence-electron chi connectivity index (χ3n) is 4.56. The van der Waals surface area contributed by atoms with Crippen LogP contribution in [-0.2, 0) is 11.3 Å². The van der Waals surface area contributed by atoms with E-state index in [1.165, 1.54) is 28.5 Å². The van der Waals surface area contributed by atoms with Crippen molar-refractivity contribution >= 4 is 35.0 Å². The van der Waals surface area contributed by atoms with Gasteiger partial charge in [0.1, 0.15) is 5.75 Å². The van der Waals surface area contributed by atoms with E-state index < -0.39 is 5.97 Å². The van der Waals surface area contributed by atoms with Crippen LogP contribution in [0.4, 0.5) is 0 Å². The molecule has 1 saturated heterocycles. The highest BCUT2D eigenvalue weighted by Crippen LogP contribution is 2.25. The first-order valence-electron chi connectivity index (χ1n) is 9.01. The molecule has 0 radical (unpaired) electrons. The summed E-state index contributed by atoms with van der Waals surface area (Å²) >= 11 is 2.81. The first-order valence-corrected chi connectivity index (χ1v) is 10.9. The number of hydrogen-bond acceptors (Lipinski definition) is 7. The van der Waals surface area contributed by atoms with E-state index in [4.69, 9.17) is 9.84 Å². The molecule has 9 heteroatoms. The molecule has 1 amide bonds. The van der Waals surface area contributed by atoms with Crippen molar-refractivity contribution in [2.75, 3.05) is 26.0 Å². The van der Waals surface area contributed by atoms with Gasteiger partial charge in [0.25, 0.3) is 0 Å². The van der Waals surface area contributed by atoms with Crippen LogP contribution in [0.25, 0.3) is 0 Å². The highest BCUT2D eigenvalue weighted by atomic mass is 32.2. The van der Waals surface area contributed by atoms with Crippen molar-refractivity contribution in [3.63, 3.8) is 0 Å². The Morgan fingerprint density at radius 3 is 3.11 bits per heavy atom. The number of rotatable bonds is 10. The first kappa shape index (κ1) is 20.6. The van der Waals surface area contributed by atoms with E-state index in [1.54, 1.807) is 7.11 Å². The van der Waals surface area contributed by atoms with Crippen LogP contribution in [0.15, 0.2) is 34.0 Å². The smallest absolute Gasteiger partial charge is 0.355 e. The van der Waals surface area contributed by atoms with E-state index in [9.17, 15) is 9.59 Å². The number of hydrogen-bond donors (Lipinski definition) is 2. The molecule has 1 unspecified atom stereocenters.